The fourth-order valence-corrected chi connectivity index (χ4v) is 2.23. The number of hydrogen-bond donors (Lipinski definition) is 1. The summed E-state index contributed by atoms with van der Waals surface area (Å²) in [5, 5.41) is 8.15. The lowest BCUT2D eigenvalue weighted by molar-refractivity contribution is 0.0867. The molecule has 1 aliphatic rings. The van der Waals surface area contributed by atoms with Crippen LogP contribution in [0.2, 0.25) is 0 Å². The molecule has 0 aromatic carbocycles. The van der Waals surface area contributed by atoms with E-state index in [1.807, 2.05) is 12.1 Å². The number of aromatic nitrogens is 2. The Bertz CT molecular complexity index is 369. The van der Waals surface area contributed by atoms with Crippen LogP contribution in [0.15, 0.2) is 12.1 Å². The normalized spacial score (nSPS) is 22.1. The summed E-state index contributed by atoms with van der Waals surface area (Å²) in [7, 11) is 3.72. The molecule has 0 aliphatic carbocycles. The Balaban J connectivity index is 1.98. The van der Waals surface area contributed by atoms with E-state index in [0.717, 1.165) is 31.9 Å². The van der Waals surface area contributed by atoms with Gasteiger partial charge in [0.25, 0.3) is 0 Å². The van der Waals surface area contributed by atoms with Crippen molar-refractivity contribution < 1.29 is 4.74 Å². The zero-order chi connectivity index (χ0) is 13.0. The van der Waals surface area contributed by atoms with Crippen molar-refractivity contribution >= 4 is 0 Å². The van der Waals surface area contributed by atoms with Crippen LogP contribution in [0, 0.1) is 0 Å². The van der Waals surface area contributed by atoms with Crippen molar-refractivity contribution in [2.75, 3.05) is 40.3 Å². The first-order chi connectivity index (χ1) is 8.72. The van der Waals surface area contributed by atoms with Gasteiger partial charge in [-0.25, -0.2) is 0 Å². The van der Waals surface area contributed by atoms with Gasteiger partial charge in [-0.1, -0.05) is 0 Å². The first kappa shape index (κ1) is 13.2. The average Bonchev–Trinajstić information content (AvgIpc) is 2.41. The van der Waals surface area contributed by atoms with E-state index in [1.165, 1.54) is 0 Å². The summed E-state index contributed by atoms with van der Waals surface area (Å²) in [6.45, 7) is 4.58. The number of nitrogens with two attached hydrogens (primary N) is 1. The second-order valence-electron chi connectivity index (χ2n) is 4.69. The Labute approximate surface area is 108 Å². The van der Waals surface area contributed by atoms with Gasteiger partial charge in [0.15, 0.2) is 0 Å². The predicted octanol–water partition coefficient (Wildman–Crippen LogP) is -0.440. The first-order valence-corrected chi connectivity index (χ1v) is 6.22. The molecule has 0 saturated carbocycles. The summed E-state index contributed by atoms with van der Waals surface area (Å²) in [5.74, 6) is 0.549. The Morgan fingerprint density at radius 2 is 2.22 bits per heavy atom. The zero-order valence-corrected chi connectivity index (χ0v) is 11.0. The van der Waals surface area contributed by atoms with E-state index in [2.05, 4.69) is 27.0 Å². The third kappa shape index (κ3) is 3.16. The number of rotatable bonds is 4. The van der Waals surface area contributed by atoms with Gasteiger partial charge in [-0.05, 0) is 13.1 Å². The minimum atomic E-state index is 0.396. The van der Waals surface area contributed by atoms with Crippen LogP contribution in [0.4, 0.5) is 0 Å². The highest BCUT2D eigenvalue weighted by Gasteiger charge is 2.24. The lowest BCUT2D eigenvalue weighted by atomic mass is 10.1. The van der Waals surface area contributed by atoms with E-state index in [-0.39, 0.29) is 0 Å². The minimum absolute atomic E-state index is 0.396. The van der Waals surface area contributed by atoms with Crippen LogP contribution < -0.4 is 10.5 Å². The van der Waals surface area contributed by atoms with Gasteiger partial charge in [-0.2, -0.15) is 5.10 Å². The molecule has 1 atom stereocenters. The van der Waals surface area contributed by atoms with Gasteiger partial charge in [0.2, 0.25) is 5.88 Å². The number of ether oxygens (including phenoxy) is 1. The van der Waals surface area contributed by atoms with Crippen molar-refractivity contribution in [3.63, 3.8) is 0 Å². The molecule has 2 heterocycles. The number of methoxy groups -OCH3 is 1. The number of hydrogen-bond acceptors (Lipinski definition) is 6. The second kappa shape index (κ2) is 6.08. The van der Waals surface area contributed by atoms with E-state index in [0.29, 0.717) is 18.5 Å². The largest absolute Gasteiger partial charge is 0.480 e. The summed E-state index contributed by atoms with van der Waals surface area (Å²) in [5.41, 5.74) is 6.79. The molecule has 0 radical (unpaired) electrons. The number of likely N-dealkylation sites (N-methyl/N-ethyl adjacent to an activating group) is 1. The Kier molecular flexibility index (Phi) is 4.46. The molecular formula is C12H21N5O. The highest BCUT2D eigenvalue weighted by molar-refractivity contribution is 5.11. The number of piperazine rings is 1. The molecule has 2 rings (SSSR count). The van der Waals surface area contributed by atoms with Crippen molar-refractivity contribution in [3.8, 4) is 5.88 Å². The highest BCUT2D eigenvalue weighted by atomic mass is 16.5. The monoisotopic (exact) mass is 251 g/mol. The molecule has 6 nitrogen and oxygen atoms in total. The summed E-state index contributed by atoms with van der Waals surface area (Å²) < 4.78 is 5.00. The average molecular weight is 251 g/mol. The molecule has 0 bridgehead atoms. The van der Waals surface area contributed by atoms with Gasteiger partial charge in [0, 0.05) is 44.8 Å². The van der Waals surface area contributed by atoms with Crippen molar-refractivity contribution in [2.45, 2.75) is 12.6 Å². The smallest absolute Gasteiger partial charge is 0.233 e. The third-order valence-corrected chi connectivity index (χ3v) is 3.35. The molecule has 1 saturated heterocycles. The van der Waals surface area contributed by atoms with Crippen LogP contribution in [0.5, 0.6) is 5.88 Å². The lowest BCUT2D eigenvalue weighted by Crippen LogP contribution is -2.54. The second-order valence-corrected chi connectivity index (χ2v) is 4.69. The van der Waals surface area contributed by atoms with Gasteiger partial charge in [-0.3, -0.25) is 4.90 Å². The van der Waals surface area contributed by atoms with Gasteiger partial charge in [0.05, 0.1) is 12.8 Å². The Hall–Kier alpha value is -1.24. The zero-order valence-electron chi connectivity index (χ0n) is 11.0. The van der Waals surface area contributed by atoms with Crippen molar-refractivity contribution in [2.24, 2.45) is 5.73 Å². The van der Waals surface area contributed by atoms with Gasteiger partial charge in [0.1, 0.15) is 0 Å². The molecule has 6 heteroatoms. The van der Waals surface area contributed by atoms with Crippen molar-refractivity contribution in [3.05, 3.63) is 17.8 Å². The van der Waals surface area contributed by atoms with Gasteiger partial charge < -0.3 is 15.4 Å². The Morgan fingerprint density at radius 1 is 1.39 bits per heavy atom. The molecule has 1 aromatic rings. The van der Waals surface area contributed by atoms with Crippen LogP contribution in [-0.4, -0.2) is 66.4 Å². The summed E-state index contributed by atoms with van der Waals surface area (Å²) in [4.78, 5) is 4.68. The highest BCUT2D eigenvalue weighted by Crippen LogP contribution is 2.12. The molecule has 1 fully saturated rings. The Morgan fingerprint density at radius 3 is 2.83 bits per heavy atom. The van der Waals surface area contributed by atoms with Crippen molar-refractivity contribution in [1.29, 1.82) is 0 Å². The van der Waals surface area contributed by atoms with Gasteiger partial charge in [-0.15, -0.1) is 5.10 Å². The van der Waals surface area contributed by atoms with Crippen LogP contribution in [0.1, 0.15) is 5.69 Å². The standard InChI is InChI=1S/C12H21N5O/c1-16-5-6-17(11(7-13)9-16)8-10-3-4-12(18-2)15-14-10/h3-4,11H,5-9,13H2,1-2H3. The van der Waals surface area contributed by atoms with Crippen LogP contribution >= 0.6 is 0 Å². The number of nitrogens with zero attached hydrogens (tertiary/aromatic N) is 4. The van der Waals surface area contributed by atoms with E-state index in [1.54, 1.807) is 7.11 Å². The maximum atomic E-state index is 5.83. The SMILES string of the molecule is COc1ccc(CN2CCN(C)CC2CN)nn1. The quantitative estimate of drug-likeness (QED) is 0.782. The molecule has 1 unspecified atom stereocenters. The van der Waals surface area contributed by atoms with Crippen LogP contribution in [-0.2, 0) is 6.54 Å². The summed E-state index contributed by atoms with van der Waals surface area (Å²) >= 11 is 0. The van der Waals surface area contributed by atoms with Crippen LogP contribution in [0.3, 0.4) is 0 Å². The minimum Gasteiger partial charge on any atom is -0.480 e. The fourth-order valence-electron chi connectivity index (χ4n) is 2.23. The molecule has 18 heavy (non-hydrogen) atoms. The molecule has 0 amide bonds. The van der Waals surface area contributed by atoms with E-state index < -0.39 is 0 Å². The van der Waals surface area contributed by atoms with E-state index >= 15 is 0 Å². The van der Waals surface area contributed by atoms with Gasteiger partial charge >= 0.3 is 0 Å². The maximum Gasteiger partial charge on any atom is 0.233 e. The lowest BCUT2D eigenvalue weighted by Gasteiger charge is -2.39. The van der Waals surface area contributed by atoms with E-state index in [9.17, 15) is 0 Å². The molecule has 1 aromatic heterocycles. The molecule has 0 spiro atoms. The third-order valence-electron chi connectivity index (χ3n) is 3.35. The first-order valence-electron chi connectivity index (χ1n) is 6.22. The summed E-state index contributed by atoms with van der Waals surface area (Å²) in [6, 6.07) is 4.20. The molecular weight excluding hydrogens is 230 g/mol. The molecule has 1 aliphatic heterocycles. The van der Waals surface area contributed by atoms with Crippen LogP contribution in [0.25, 0.3) is 0 Å². The topological polar surface area (TPSA) is 67.5 Å². The maximum absolute atomic E-state index is 5.83. The van der Waals surface area contributed by atoms with Crippen molar-refractivity contribution in [1.82, 2.24) is 20.0 Å². The summed E-state index contributed by atoms with van der Waals surface area (Å²) in [6.07, 6.45) is 0. The fraction of sp³-hybridized carbons (Fsp3) is 0.667. The molecule has 2 N–H and O–H groups in total. The molecule has 100 valence electrons. The van der Waals surface area contributed by atoms with E-state index in [4.69, 9.17) is 10.5 Å². The predicted molar refractivity (Wildman–Crippen MR) is 69.3 cm³/mol.